The Kier molecular flexibility index (Phi) is 9.51. The number of fused-ring (bicyclic) bond motifs is 4. The number of rotatable bonds is 4. The summed E-state index contributed by atoms with van der Waals surface area (Å²) in [6, 6.07) is 7.96. The Labute approximate surface area is 181 Å². The first-order chi connectivity index (χ1) is 13.7. The minimum atomic E-state index is -4.67. The molecule has 7 N–H and O–H groups in total. The number of benzene rings is 1. The second-order valence-corrected chi connectivity index (χ2v) is 8.32. The standard InChI is InChI=1S/C20H24N2O2.H2O4S.2H2O/c1-3-13-12-22-9-7-14(13)10-19(22)20(23)16-6-8-21-18-5-4-15(24-2)11-17(16)18;1-5(2,3)4;;/h3-6,8,11,13-14,19-20,23H,1,7,9-10,12H2,2H3;(H2,1,2,3,4);2*1H2/t13-,14-,19-,20+;;;/m0.../s1. The minimum absolute atomic E-state index is 0. The van der Waals surface area contributed by atoms with Crippen LogP contribution in [0, 0.1) is 11.8 Å². The third kappa shape index (κ3) is 6.43. The zero-order chi connectivity index (χ0) is 21.2. The number of hydrogen-bond donors (Lipinski definition) is 3. The fourth-order valence-electron chi connectivity index (χ4n) is 4.44. The molecule has 3 aliphatic rings. The van der Waals surface area contributed by atoms with Gasteiger partial charge in [0.1, 0.15) is 5.75 Å². The second-order valence-electron chi connectivity index (χ2n) is 7.42. The number of nitrogens with zero attached hydrogens (tertiary/aromatic N) is 2. The van der Waals surface area contributed by atoms with Gasteiger partial charge in [-0.15, -0.1) is 6.58 Å². The lowest BCUT2D eigenvalue weighted by atomic mass is 9.73. The summed E-state index contributed by atoms with van der Waals surface area (Å²) < 4.78 is 36.9. The third-order valence-corrected chi connectivity index (χ3v) is 5.82. The van der Waals surface area contributed by atoms with E-state index in [4.69, 9.17) is 22.3 Å². The summed E-state index contributed by atoms with van der Waals surface area (Å²) in [6.07, 6.45) is 5.62. The van der Waals surface area contributed by atoms with Crippen molar-refractivity contribution >= 4 is 21.3 Å². The summed E-state index contributed by atoms with van der Waals surface area (Å²) in [5.74, 6) is 2.01. The second kappa shape index (κ2) is 11.0. The van der Waals surface area contributed by atoms with Crippen molar-refractivity contribution in [2.75, 3.05) is 20.2 Å². The normalized spacial score (nSPS) is 25.3. The van der Waals surface area contributed by atoms with Gasteiger partial charge in [-0.3, -0.25) is 19.0 Å². The number of pyridine rings is 1. The average Bonchev–Trinajstić information content (AvgIpc) is 2.71. The van der Waals surface area contributed by atoms with Crippen LogP contribution >= 0.6 is 0 Å². The molecule has 3 aliphatic heterocycles. The number of aliphatic hydroxyl groups is 1. The van der Waals surface area contributed by atoms with Gasteiger partial charge in [-0.2, -0.15) is 8.42 Å². The Morgan fingerprint density at radius 3 is 2.52 bits per heavy atom. The summed E-state index contributed by atoms with van der Waals surface area (Å²) in [5.41, 5.74) is 1.85. The van der Waals surface area contributed by atoms with Crippen LogP contribution in [0.1, 0.15) is 24.5 Å². The molecule has 0 aliphatic carbocycles. The Balaban J connectivity index is 0.000000622. The molecule has 0 radical (unpaired) electrons. The molecule has 1 aromatic heterocycles. The number of piperidine rings is 3. The van der Waals surface area contributed by atoms with E-state index in [2.05, 4.69) is 22.5 Å². The van der Waals surface area contributed by atoms with Crippen molar-refractivity contribution in [2.24, 2.45) is 11.8 Å². The molecule has 4 heterocycles. The predicted octanol–water partition coefficient (Wildman–Crippen LogP) is 0.871. The molecule has 5 rings (SSSR count). The summed E-state index contributed by atoms with van der Waals surface area (Å²) in [7, 11) is -3.01. The molecule has 0 amide bonds. The van der Waals surface area contributed by atoms with Crippen molar-refractivity contribution in [1.82, 2.24) is 9.88 Å². The van der Waals surface area contributed by atoms with Crippen LogP contribution in [0.2, 0.25) is 0 Å². The Morgan fingerprint density at radius 2 is 1.97 bits per heavy atom. The van der Waals surface area contributed by atoms with Crippen LogP contribution in [-0.2, 0) is 10.4 Å². The van der Waals surface area contributed by atoms with E-state index in [1.54, 1.807) is 13.3 Å². The van der Waals surface area contributed by atoms with Gasteiger partial charge in [0.2, 0.25) is 0 Å². The number of methoxy groups -OCH3 is 1. The zero-order valence-electron chi connectivity index (χ0n) is 17.2. The maximum absolute atomic E-state index is 11.2. The molecule has 1 aromatic carbocycles. The van der Waals surface area contributed by atoms with E-state index >= 15 is 0 Å². The molecule has 2 aromatic rings. The van der Waals surface area contributed by atoms with Crippen molar-refractivity contribution in [2.45, 2.75) is 25.0 Å². The molecule has 10 nitrogen and oxygen atoms in total. The summed E-state index contributed by atoms with van der Waals surface area (Å²) in [6.45, 7) is 6.07. The molecule has 0 spiro atoms. The number of aliphatic hydroxyl groups excluding tert-OH is 1. The maximum Gasteiger partial charge on any atom is 0.394 e. The highest BCUT2D eigenvalue weighted by atomic mass is 32.3. The van der Waals surface area contributed by atoms with Gasteiger partial charge in [0, 0.05) is 24.2 Å². The van der Waals surface area contributed by atoms with E-state index in [1.807, 2.05) is 24.3 Å². The van der Waals surface area contributed by atoms with Gasteiger partial charge >= 0.3 is 10.4 Å². The molecule has 3 saturated heterocycles. The van der Waals surface area contributed by atoms with Crippen molar-refractivity contribution in [3.05, 3.63) is 48.7 Å². The highest BCUT2D eigenvalue weighted by molar-refractivity contribution is 7.79. The van der Waals surface area contributed by atoms with E-state index < -0.39 is 16.5 Å². The van der Waals surface area contributed by atoms with E-state index in [-0.39, 0.29) is 17.0 Å². The quantitative estimate of drug-likeness (QED) is 0.445. The SMILES string of the molecule is C=C[C@H]1CN2CC[C@H]1C[C@H]2[C@H](O)c1ccnc2ccc(OC)cc12.O.O.O=S(=O)(O)O. The van der Waals surface area contributed by atoms with Crippen LogP contribution in [0.15, 0.2) is 43.1 Å². The summed E-state index contributed by atoms with van der Waals surface area (Å²) >= 11 is 0. The van der Waals surface area contributed by atoms with Crippen LogP contribution in [0.4, 0.5) is 0 Å². The topological polar surface area (TPSA) is 183 Å². The smallest absolute Gasteiger partial charge is 0.394 e. The predicted molar refractivity (Wildman–Crippen MR) is 116 cm³/mol. The maximum atomic E-state index is 11.2. The highest BCUT2D eigenvalue weighted by Crippen LogP contribution is 2.42. The van der Waals surface area contributed by atoms with Crippen molar-refractivity contribution in [1.29, 1.82) is 0 Å². The molecule has 11 heteroatoms. The lowest BCUT2D eigenvalue weighted by Crippen LogP contribution is -2.54. The first kappa shape index (κ1) is 26.9. The van der Waals surface area contributed by atoms with Crippen LogP contribution in [-0.4, -0.2) is 69.7 Å². The molecular formula is C20H30N2O8S. The van der Waals surface area contributed by atoms with Crippen molar-refractivity contribution < 1.29 is 38.3 Å². The Hall–Kier alpha value is -2.12. The monoisotopic (exact) mass is 458 g/mol. The van der Waals surface area contributed by atoms with E-state index in [9.17, 15) is 5.11 Å². The number of ether oxygens (including phenoxy) is 1. The van der Waals surface area contributed by atoms with Gasteiger partial charge in [-0.25, -0.2) is 0 Å². The molecule has 174 valence electrons. The number of hydrogen-bond acceptors (Lipinski definition) is 6. The fraction of sp³-hybridized carbons (Fsp3) is 0.450. The van der Waals surface area contributed by atoms with Gasteiger partial charge in [0.05, 0.1) is 18.7 Å². The van der Waals surface area contributed by atoms with Crippen LogP contribution in [0.25, 0.3) is 10.9 Å². The van der Waals surface area contributed by atoms with Gasteiger partial charge in [-0.1, -0.05) is 6.08 Å². The molecular weight excluding hydrogens is 428 g/mol. The minimum Gasteiger partial charge on any atom is -0.497 e. The molecule has 5 atom stereocenters. The molecule has 1 unspecified atom stereocenters. The Morgan fingerprint density at radius 1 is 1.29 bits per heavy atom. The fourth-order valence-corrected chi connectivity index (χ4v) is 4.44. The van der Waals surface area contributed by atoms with E-state index in [0.717, 1.165) is 41.7 Å². The van der Waals surface area contributed by atoms with Crippen LogP contribution in [0.3, 0.4) is 0 Å². The summed E-state index contributed by atoms with van der Waals surface area (Å²) in [5, 5.41) is 12.1. The highest BCUT2D eigenvalue weighted by Gasteiger charge is 2.42. The van der Waals surface area contributed by atoms with Crippen molar-refractivity contribution in [3.63, 3.8) is 0 Å². The van der Waals surface area contributed by atoms with Gasteiger partial charge in [0.15, 0.2) is 0 Å². The zero-order valence-corrected chi connectivity index (χ0v) is 18.0. The molecule has 3 fully saturated rings. The number of aromatic nitrogens is 1. The largest absolute Gasteiger partial charge is 0.497 e. The third-order valence-electron chi connectivity index (χ3n) is 5.82. The first-order valence-electron chi connectivity index (χ1n) is 9.38. The lowest BCUT2D eigenvalue weighted by molar-refractivity contribution is -0.0444. The van der Waals surface area contributed by atoms with Gasteiger partial charge in [-0.05, 0) is 61.1 Å². The van der Waals surface area contributed by atoms with Gasteiger partial charge in [0.25, 0.3) is 0 Å². The summed E-state index contributed by atoms with van der Waals surface area (Å²) in [4.78, 5) is 6.86. The lowest BCUT2D eigenvalue weighted by Gasteiger charge is -2.50. The van der Waals surface area contributed by atoms with E-state index in [0.29, 0.717) is 11.8 Å². The molecule has 31 heavy (non-hydrogen) atoms. The molecule has 0 saturated carbocycles. The van der Waals surface area contributed by atoms with E-state index in [1.165, 1.54) is 6.42 Å². The van der Waals surface area contributed by atoms with Crippen LogP contribution in [0.5, 0.6) is 5.75 Å². The van der Waals surface area contributed by atoms with Gasteiger partial charge < -0.3 is 20.8 Å². The Bertz CT molecular complexity index is 976. The van der Waals surface area contributed by atoms with Crippen LogP contribution < -0.4 is 4.74 Å². The molecule has 2 bridgehead atoms. The van der Waals surface area contributed by atoms with Crippen molar-refractivity contribution in [3.8, 4) is 5.75 Å². The average molecular weight is 459 g/mol. The first-order valence-corrected chi connectivity index (χ1v) is 10.8.